The summed E-state index contributed by atoms with van der Waals surface area (Å²) in [5.41, 5.74) is 2.41. The van der Waals surface area contributed by atoms with E-state index in [1.165, 1.54) is 35.7 Å². The van der Waals surface area contributed by atoms with Crippen molar-refractivity contribution in [3.8, 4) is 0 Å². The Morgan fingerprint density at radius 3 is 2.67 bits per heavy atom. The van der Waals surface area contributed by atoms with Gasteiger partial charge in [-0.25, -0.2) is 8.42 Å². The van der Waals surface area contributed by atoms with Gasteiger partial charge in [0.15, 0.2) is 0 Å². The van der Waals surface area contributed by atoms with Crippen molar-refractivity contribution in [2.24, 2.45) is 0 Å². The molecule has 0 aliphatic carbocycles. The highest BCUT2D eigenvalue weighted by Gasteiger charge is 2.24. The van der Waals surface area contributed by atoms with Crippen molar-refractivity contribution >= 4 is 32.5 Å². The minimum Gasteiger partial charge on any atom is -0.376 e. The summed E-state index contributed by atoms with van der Waals surface area (Å²) in [7, 11) is -2.45. The summed E-state index contributed by atoms with van der Waals surface area (Å²) in [6.07, 6.45) is 3.12. The van der Waals surface area contributed by atoms with Gasteiger partial charge in [0, 0.05) is 37.3 Å². The Morgan fingerprint density at radius 1 is 1.18 bits per heavy atom. The summed E-state index contributed by atoms with van der Waals surface area (Å²) in [6, 6.07) is 9.71. The number of nitrogens with one attached hydrogen (secondary N) is 2. The number of hydrogen-bond donors (Lipinski definition) is 2. The van der Waals surface area contributed by atoms with Crippen LogP contribution in [0.3, 0.4) is 0 Å². The van der Waals surface area contributed by atoms with Gasteiger partial charge in [-0.2, -0.15) is 0 Å². The van der Waals surface area contributed by atoms with Crippen LogP contribution >= 0.6 is 0 Å². The summed E-state index contributed by atoms with van der Waals surface area (Å²) in [5, 5.41) is 2.86. The molecule has 1 atom stereocenters. The molecule has 1 aromatic heterocycles. The summed E-state index contributed by atoms with van der Waals surface area (Å²) in [6.45, 7) is 4.87. The van der Waals surface area contributed by atoms with Crippen molar-refractivity contribution in [2.45, 2.75) is 37.7 Å². The van der Waals surface area contributed by atoms with E-state index in [0.29, 0.717) is 24.4 Å². The Kier molecular flexibility index (Phi) is 6.27. The first kappa shape index (κ1) is 23.0. The fourth-order valence-corrected chi connectivity index (χ4v) is 5.07. The first-order valence-electron chi connectivity index (χ1n) is 10.8. The zero-order valence-electron chi connectivity index (χ0n) is 18.8. The van der Waals surface area contributed by atoms with Gasteiger partial charge in [-0.3, -0.25) is 13.9 Å². The number of anilines is 1. The average molecular weight is 470 g/mol. The highest BCUT2D eigenvalue weighted by atomic mass is 32.2. The molecule has 2 aromatic carbocycles. The quantitative estimate of drug-likeness (QED) is 0.577. The molecule has 2 heterocycles. The molecule has 174 valence electrons. The number of aromatic nitrogens is 1. The second-order valence-corrected chi connectivity index (χ2v) is 10.3. The van der Waals surface area contributed by atoms with Crippen LogP contribution in [0.15, 0.2) is 52.3 Å². The Balaban J connectivity index is 1.66. The molecule has 0 radical (unpaired) electrons. The number of fused-ring (bicyclic) bond motifs is 1. The number of ether oxygens (including phenoxy) is 1. The zero-order valence-corrected chi connectivity index (χ0v) is 19.7. The zero-order chi connectivity index (χ0) is 23.8. The predicted octanol–water partition coefficient (Wildman–Crippen LogP) is 2.88. The van der Waals surface area contributed by atoms with Gasteiger partial charge < -0.3 is 15.0 Å². The molecule has 1 unspecified atom stereocenters. The van der Waals surface area contributed by atoms with Crippen LogP contribution in [0, 0.1) is 13.8 Å². The second-order valence-electron chi connectivity index (χ2n) is 8.33. The van der Waals surface area contributed by atoms with Gasteiger partial charge in [0.2, 0.25) is 5.43 Å². The van der Waals surface area contributed by atoms with Gasteiger partial charge in [0.25, 0.3) is 15.9 Å². The number of sulfonamides is 1. The maximum Gasteiger partial charge on any atom is 0.264 e. The number of aryl methyl sites for hydroxylation is 2. The van der Waals surface area contributed by atoms with E-state index in [1.54, 1.807) is 12.1 Å². The molecule has 1 fully saturated rings. The summed E-state index contributed by atoms with van der Waals surface area (Å²) in [4.78, 5) is 28.5. The molecule has 0 bridgehead atoms. The minimum atomic E-state index is -3.92. The number of pyridine rings is 1. The van der Waals surface area contributed by atoms with Crippen molar-refractivity contribution in [1.29, 1.82) is 0 Å². The number of rotatable bonds is 6. The molecule has 0 spiro atoms. The Morgan fingerprint density at radius 2 is 1.97 bits per heavy atom. The first-order chi connectivity index (χ1) is 15.7. The maximum absolute atomic E-state index is 13.3. The molecular weight excluding hydrogens is 442 g/mol. The van der Waals surface area contributed by atoms with Crippen LogP contribution in [0.1, 0.15) is 34.3 Å². The topological polar surface area (TPSA) is 109 Å². The van der Waals surface area contributed by atoms with Crippen LogP contribution in [0.5, 0.6) is 0 Å². The van der Waals surface area contributed by atoms with Gasteiger partial charge in [0.1, 0.15) is 5.56 Å². The van der Waals surface area contributed by atoms with Crippen molar-refractivity contribution in [3.05, 3.63) is 69.5 Å². The molecular formula is C24H27N3O5S. The summed E-state index contributed by atoms with van der Waals surface area (Å²) < 4.78 is 33.2. The number of carbonyl (C=O) groups is 1. The number of amides is 1. The molecule has 9 heteroatoms. The van der Waals surface area contributed by atoms with Gasteiger partial charge >= 0.3 is 0 Å². The van der Waals surface area contributed by atoms with Crippen LogP contribution in [0.25, 0.3) is 10.9 Å². The maximum atomic E-state index is 13.3. The fourth-order valence-electron chi connectivity index (χ4n) is 3.85. The lowest BCUT2D eigenvalue weighted by Gasteiger charge is -2.20. The number of aromatic amines is 1. The Hall–Kier alpha value is -3.17. The summed E-state index contributed by atoms with van der Waals surface area (Å²) >= 11 is 0. The van der Waals surface area contributed by atoms with Crippen LogP contribution in [0.4, 0.5) is 5.69 Å². The van der Waals surface area contributed by atoms with Crippen LogP contribution < -0.4 is 15.1 Å². The second kappa shape index (κ2) is 8.99. The van der Waals surface area contributed by atoms with Crippen LogP contribution in [-0.4, -0.2) is 45.6 Å². The molecule has 1 aliphatic rings. The van der Waals surface area contributed by atoms with Gasteiger partial charge in [-0.1, -0.05) is 6.07 Å². The normalized spacial score (nSPS) is 16.2. The predicted molar refractivity (Wildman–Crippen MR) is 127 cm³/mol. The largest absolute Gasteiger partial charge is 0.376 e. The van der Waals surface area contributed by atoms with E-state index in [1.807, 2.05) is 19.9 Å². The lowest BCUT2D eigenvalue weighted by molar-refractivity contribution is 0.0857. The Labute approximate surface area is 192 Å². The molecule has 0 saturated carbocycles. The Bertz CT molecular complexity index is 1370. The van der Waals surface area contributed by atoms with E-state index in [9.17, 15) is 18.0 Å². The third-order valence-electron chi connectivity index (χ3n) is 6.12. The van der Waals surface area contributed by atoms with E-state index in [2.05, 4.69) is 10.3 Å². The van der Waals surface area contributed by atoms with Gasteiger partial charge in [-0.05, 0) is 68.1 Å². The monoisotopic (exact) mass is 469 g/mol. The standard InChI is InChI=1S/C24H27N3O5S/c1-15-6-7-17(11-16(15)2)27(3)33(30,31)19-8-9-22-20(12-19)23(28)21(14-25-22)24(29)26-13-18-5-4-10-32-18/h6-9,11-12,14,18H,4-5,10,13H2,1-3H3,(H,25,28)(H,26,29). The van der Waals surface area contributed by atoms with E-state index < -0.39 is 21.4 Å². The molecule has 1 aliphatic heterocycles. The molecule has 33 heavy (non-hydrogen) atoms. The van der Waals surface area contributed by atoms with E-state index in [0.717, 1.165) is 24.0 Å². The van der Waals surface area contributed by atoms with Gasteiger partial charge in [0.05, 0.1) is 16.7 Å². The number of carbonyl (C=O) groups excluding carboxylic acids is 1. The molecule has 1 saturated heterocycles. The minimum absolute atomic E-state index is 0.0295. The highest BCUT2D eigenvalue weighted by Crippen LogP contribution is 2.25. The van der Waals surface area contributed by atoms with E-state index >= 15 is 0 Å². The molecule has 3 aromatic rings. The molecule has 2 N–H and O–H groups in total. The van der Waals surface area contributed by atoms with Gasteiger partial charge in [-0.15, -0.1) is 0 Å². The van der Waals surface area contributed by atoms with E-state index in [4.69, 9.17) is 4.74 Å². The number of H-pyrrole nitrogens is 1. The molecule has 4 rings (SSSR count). The lowest BCUT2D eigenvalue weighted by Crippen LogP contribution is -2.34. The first-order valence-corrected chi connectivity index (χ1v) is 12.2. The van der Waals surface area contributed by atoms with Crippen LogP contribution in [0.2, 0.25) is 0 Å². The lowest BCUT2D eigenvalue weighted by atomic mass is 10.1. The van der Waals surface area contributed by atoms with Crippen molar-refractivity contribution in [1.82, 2.24) is 10.3 Å². The summed E-state index contributed by atoms with van der Waals surface area (Å²) in [5.74, 6) is -0.519. The third-order valence-corrected chi connectivity index (χ3v) is 7.91. The SMILES string of the molecule is Cc1ccc(N(C)S(=O)(=O)c2ccc3[nH]cc(C(=O)NCC4CCCO4)c(=O)c3c2)cc1C. The van der Waals surface area contributed by atoms with Crippen molar-refractivity contribution < 1.29 is 17.9 Å². The van der Waals surface area contributed by atoms with E-state index in [-0.39, 0.29) is 21.9 Å². The average Bonchev–Trinajstić information content (AvgIpc) is 3.32. The number of nitrogens with zero attached hydrogens (tertiary/aromatic N) is 1. The highest BCUT2D eigenvalue weighted by molar-refractivity contribution is 7.92. The van der Waals surface area contributed by atoms with Crippen molar-refractivity contribution in [2.75, 3.05) is 24.5 Å². The third kappa shape index (κ3) is 4.51. The van der Waals surface area contributed by atoms with Crippen molar-refractivity contribution in [3.63, 3.8) is 0 Å². The smallest absolute Gasteiger partial charge is 0.264 e. The molecule has 1 amide bonds. The number of hydrogen-bond acceptors (Lipinski definition) is 5. The number of benzene rings is 2. The molecule has 8 nitrogen and oxygen atoms in total. The fraction of sp³-hybridized carbons (Fsp3) is 0.333. The van der Waals surface area contributed by atoms with Crippen LogP contribution in [-0.2, 0) is 14.8 Å².